The Labute approximate surface area is 146 Å². The molecule has 5 N–H and O–H groups in total. The molecule has 0 unspecified atom stereocenters. The topological polar surface area (TPSA) is 152 Å². The first-order chi connectivity index (χ1) is 4.00. The van der Waals surface area contributed by atoms with E-state index in [4.69, 9.17) is 35.3 Å². The Kier molecular flexibility index (Phi) is 55.1. The fourth-order valence-corrected chi connectivity index (χ4v) is 0. The molecular formula is H7CoFeLi2MnNiO8P. The predicted molar refractivity (Wildman–Crippen MR) is 22.3 cm³/mol. The molecule has 0 aliphatic rings. The van der Waals surface area contributed by atoms with E-state index < -0.39 is 21.2 Å². The van der Waals surface area contributed by atoms with Gasteiger partial charge >= 0.3 is 75.0 Å². The molecule has 0 atom stereocenters. The summed E-state index contributed by atoms with van der Waals surface area (Å²) in [6.45, 7) is 0. The third kappa shape index (κ3) is 454. The van der Waals surface area contributed by atoms with Crippen molar-refractivity contribution in [2.75, 3.05) is 0 Å². The van der Waals surface area contributed by atoms with Crippen LogP contribution in [0.2, 0.25) is 0 Å². The SMILES string of the molecule is O=P(O)(O)O.[Co].[Fe].[H-].[H-].[Li+].[Li+].[Ni].[O]=[Mn](=[O])([OH])[OH]. The summed E-state index contributed by atoms with van der Waals surface area (Å²) in [4.78, 5) is 21.6. The van der Waals surface area contributed by atoms with Crippen LogP contribution in [-0.2, 0) is 75.9 Å². The van der Waals surface area contributed by atoms with Crippen molar-refractivity contribution >= 4 is 7.82 Å². The molecule has 0 fully saturated rings. The second-order valence-electron chi connectivity index (χ2n) is 0.928. The predicted octanol–water partition coefficient (Wildman–Crippen LogP) is -8.06. The molecule has 1 radical (unpaired) electrons. The van der Waals surface area contributed by atoms with Gasteiger partial charge in [0.25, 0.3) is 0 Å². The Hall–Kier alpha value is 2.86. The summed E-state index contributed by atoms with van der Waals surface area (Å²) >= 11 is -5.12. The summed E-state index contributed by atoms with van der Waals surface area (Å²) in [6, 6.07) is 0. The van der Waals surface area contributed by atoms with Crippen molar-refractivity contribution in [3.63, 3.8) is 0 Å². The molecule has 0 aromatic heterocycles. The van der Waals surface area contributed by atoms with Gasteiger partial charge in [-0.05, 0) is 0 Å². The molecule has 8 nitrogen and oxygen atoms in total. The Bertz CT molecular complexity index is 219. The fraction of sp³-hybridized carbons (Fsp3) is 0. The van der Waals surface area contributed by atoms with Crippen LogP contribution >= 0.6 is 7.82 Å². The fourth-order valence-electron chi connectivity index (χ4n) is 0. The Morgan fingerprint density at radius 3 is 1.00 bits per heavy atom. The van der Waals surface area contributed by atoms with Crippen molar-refractivity contribution in [2.24, 2.45) is 0 Å². The molecule has 0 aromatic rings. The molecule has 15 heteroatoms. The van der Waals surface area contributed by atoms with Crippen LogP contribution in [0.3, 0.4) is 0 Å². The van der Waals surface area contributed by atoms with E-state index in [1.54, 1.807) is 0 Å². The molecule has 96 valence electrons. The third-order valence-electron chi connectivity index (χ3n) is 0. The van der Waals surface area contributed by atoms with Gasteiger partial charge in [-0.1, -0.05) is 0 Å². The van der Waals surface area contributed by atoms with E-state index in [0.717, 1.165) is 0 Å². The van der Waals surface area contributed by atoms with E-state index in [0.29, 0.717) is 0 Å². The summed E-state index contributed by atoms with van der Waals surface area (Å²) in [5.41, 5.74) is 0. The summed E-state index contributed by atoms with van der Waals surface area (Å²) < 4.78 is 40.7. The van der Waals surface area contributed by atoms with Gasteiger partial charge in [-0.3, -0.25) is 0 Å². The molecule has 0 spiro atoms. The van der Waals surface area contributed by atoms with E-state index in [-0.39, 0.29) is 90.9 Å². The zero-order valence-electron chi connectivity index (χ0n) is 9.29. The molecule has 0 aromatic carbocycles. The van der Waals surface area contributed by atoms with Gasteiger partial charge in [0.1, 0.15) is 0 Å². The van der Waals surface area contributed by atoms with Crippen molar-refractivity contribution in [1.29, 1.82) is 0 Å². The molecule has 0 saturated carbocycles. The van der Waals surface area contributed by atoms with Crippen LogP contribution in [-0.4, -0.2) is 23.1 Å². The van der Waals surface area contributed by atoms with Gasteiger partial charge in [0, 0.05) is 50.3 Å². The molecule has 15 heavy (non-hydrogen) atoms. The zero-order valence-corrected chi connectivity index (χ0v) is 12.5. The van der Waals surface area contributed by atoms with E-state index in [1.807, 2.05) is 0 Å². The van der Waals surface area contributed by atoms with Crippen LogP contribution in [0, 0.1) is 0 Å². The van der Waals surface area contributed by atoms with Gasteiger partial charge in [0.05, 0.1) is 0 Å². The zero-order chi connectivity index (χ0) is 9.00. The minimum absolute atomic E-state index is 0. The standard InChI is InChI=1S/Co.Fe.2Li.Mn.Ni.H3O4P.2H2O.2O.2H/c;;;;;;1-5(2,3)4;;;;;;/h;;;;;;(H3,1,2,3,4);2*1H2;;;;/q;;2*+1;+2;;;;;;;2*-1/p-2. The molecule has 0 amide bonds. The summed E-state index contributed by atoms with van der Waals surface area (Å²) in [6.07, 6.45) is 0. The summed E-state index contributed by atoms with van der Waals surface area (Å²) in [5.74, 6) is 0. The van der Waals surface area contributed by atoms with Gasteiger partial charge in [0.2, 0.25) is 0 Å². The molecular weight excluding hydrogens is 401 g/mol. The van der Waals surface area contributed by atoms with Crippen molar-refractivity contribution < 1.29 is 140 Å². The van der Waals surface area contributed by atoms with Crippen LogP contribution in [0.1, 0.15) is 2.85 Å². The Morgan fingerprint density at radius 1 is 1.00 bits per heavy atom. The molecule has 0 saturated heterocycles. The minimum atomic E-state index is -5.12. The van der Waals surface area contributed by atoms with Gasteiger partial charge in [-0.15, -0.1) is 0 Å². The molecule has 0 rings (SSSR count). The average Bonchev–Trinajstić information content (AvgIpc) is 1.12. The summed E-state index contributed by atoms with van der Waals surface area (Å²) in [7, 11) is -4.64. The van der Waals surface area contributed by atoms with Crippen molar-refractivity contribution in [1.82, 2.24) is 0 Å². The quantitative estimate of drug-likeness (QED) is 0.196. The van der Waals surface area contributed by atoms with Crippen molar-refractivity contribution in [3.05, 3.63) is 0 Å². The number of hydrogen-bond donors (Lipinski definition) is 5. The Morgan fingerprint density at radius 2 is 1.00 bits per heavy atom. The van der Waals surface area contributed by atoms with Gasteiger partial charge in [0.15, 0.2) is 0 Å². The maximum atomic E-state index is 8.88. The van der Waals surface area contributed by atoms with E-state index in [2.05, 4.69) is 0 Å². The van der Waals surface area contributed by atoms with E-state index in [1.165, 1.54) is 0 Å². The van der Waals surface area contributed by atoms with Crippen LogP contribution in [0.15, 0.2) is 0 Å². The van der Waals surface area contributed by atoms with Crippen molar-refractivity contribution in [2.45, 2.75) is 0 Å². The van der Waals surface area contributed by atoms with Crippen LogP contribution in [0.25, 0.3) is 0 Å². The first kappa shape index (κ1) is 43.0. The molecule has 0 aliphatic heterocycles. The van der Waals surface area contributed by atoms with Crippen LogP contribution < -0.4 is 37.7 Å². The molecule has 0 aliphatic carbocycles. The molecule has 0 bridgehead atoms. The van der Waals surface area contributed by atoms with Crippen LogP contribution in [0.4, 0.5) is 0 Å². The first-order valence-electron chi connectivity index (χ1n) is 1.43. The maximum absolute atomic E-state index is 8.88. The first-order valence-corrected chi connectivity index (χ1v) is 5.01. The van der Waals surface area contributed by atoms with E-state index in [9.17, 15) is 0 Å². The van der Waals surface area contributed by atoms with Gasteiger partial charge in [-0.2, -0.15) is 0 Å². The number of hydrogen-bond acceptors (Lipinski definition) is 3. The number of phosphoric acid groups is 1. The van der Waals surface area contributed by atoms with Gasteiger partial charge < -0.3 is 17.5 Å². The van der Waals surface area contributed by atoms with Crippen LogP contribution in [0.5, 0.6) is 0 Å². The van der Waals surface area contributed by atoms with Crippen molar-refractivity contribution in [3.8, 4) is 0 Å². The second kappa shape index (κ2) is 19.2. The van der Waals surface area contributed by atoms with Gasteiger partial charge in [-0.25, -0.2) is 4.57 Å². The summed E-state index contributed by atoms with van der Waals surface area (Å²) in [5, 5.41) is 0. The third-order valence-corrected chi connectivity index (χ3v) is 0. The normalized spacial score (nSPS) is 7.80. The average molecular weight is 408 g/mol. The van der Waals surface area contributed by atoms with E-state index >= 15 is 0 Å². The number of rotatable bonds is 0. The second-order valence-corrected chi connectivity index (χ2v) is 3.25. The molecule has 0 heterocycles. The Balaban J connectivity index is -0.00000000762. The monoisotopic (exact) mass is 408 g/mol.